The molecule has 0 fully saturated rings. The number of amides is 1. The van der Waals surface area contributed by atoms with Crippen molar-refractivity contribution in [3.05, 3.63) is 29.0 Å². The lowest BCUT2D eigenvalue weighted by Crippen LogP contribution is -2.27. The molecular weight excluding hydrogens is 313 g/mol. The van der Waals surface area contributed by atoms with Crippen LogP contribution in [0.5, 0.6) is 0 Å². The standard InChI is InChI=1S/C14H17Cl2N3O2/c1-21-7-5-17-14(20)4-6-19-12-3-2-10(16)8-11(12)18-13(19)9-15/h2-3,8H,4-7,9H2,1H3,(H,17,20). The first-order chi connectivity index (χ1) is 10.2. The Kier molecular flexibility index (Phi) is 5.85. The molecule has 0 atom stereocenters. The van der Waals surface area contributed by atoms with Crippen LogP contribution in [0.25, 0.3) is 11.0 Å². The fraction of sp³-hybridized carbons (Fsp3) is 0.429. The third kappa shape index (κ3) is 4.09. The number of aryl methyl sites for hydroxylation is 1. The zero-order valence-corrected chi connectivity index (χ0v) is 13.2. The Morgan fingerprint density at radius 2 is 2.29 bits per heavy atom. The van der Waals surface area contributed by atoms with Gasteiger partial charge >= 0.3 is 0 Å². The number of benzene rings is 1. The van der Waals surface area contributed by atoms with E-state index in [9.17, 15) is 4.79 Å². The number of nitrogens with zero attached hydrogens (tertiary/aromatic N) is 2. The normalized spacial score (nSPS) is 11.0. The van der Waals surface area contributed by atoms with Gasteiger partial charge in [-0.2, -0.15) is 0 Å². The van der Waals surface area contributed by atoms with Gasteiger partial charge < -0.3 is 14.6 Å². The fourth-order valence-corrected chi connectivity index (χ4v) is 2.47. The number of carbonyl (C=O) groups excluding carboxylic acids is 1. The van der Waals surface area contributed by atoms with Crippen LogP contribution in [0.15, 0.2) is 18.2 Å². The van der Waals surface area contributed by atoms with E-state index in [2.05, 4.69) is 10.3 Å². The van der Waals surface area contributed by atoms with Crippen LogP contribution in [0.1, 0.15) is 12.2 Å². The van der Waals surface area contributed by atoms with Gasteiger partial charge in [0.25, 0.3) is 0 Å². The van der Waals surface area contributed by atoms with Crippen LogP contribution < -0.4 is 5.32 Å². The number of fused-ring (bicyclic) bond motifs is 1. The minimum atomic E-state index is -0.0246. The summed E-state index contributed by atoms with van der Waals surface area (Å²) in [5.74, 6) is 0.999. The number of aromatic nitrogens is 2. The first kappa shape index (κ1) is 16.1. The van der Waals surface area contributed by atoms with Gasteiger partial charge in [0.2, 0.25) is 5.91 Å². The van der Waals surface area contributed by atoms with Gasteiger partial charge in [0, 0.05) is 31.6 Å². The van der Waals surface area contributed by atoms with Gasteiger partial charge in [-0.05, 0) is 18.2 Å². The number of methoxy groups -OCH3 is 1. The van der Waals surface area contributed by atoms with E-state index in [4.69, 9.17) is 27.9 Å². The topological polar surface area (TPSA) is 56.1 Å². The van der Waals surface area contributed by atoms with Crippen molar-refractivity contribution in [1.82, 2.24) is 14.9 Å². The highest BCUT2D eigenvalue weighted by molar-refractivity contribution is 6.31. The second-order valence-corrected chi connectivity index (χ2v) is 5.24. The maximum Gasteiger partial charge on any atom is 0.221 e. The van der Waals surface area contributed by atoms with E-state index in [1.807, 2.05) is 10.6 Å². The molecule has 0 bridgehead atoms. The molecule has 0 saturated heterocycles. The van der Waals surface area contributed by atoms with E-state index in [1.165, 1.54) is 0 Å². The van der Waals surface area contributed by atoms with Crippen LogP contribution in [0.2, 0.25) is 5.02 Å². The Balaban J connectivity index is 2.08. The Morgan fingerprint density at radius 1 is 1.48 bits per heavy atom. The molecule has 2 aromatic rings. The van der Waals surface area contributed by atoms with Crippen LogP contribution in [-0.4, -0.2) is 35.7 Å². The lowest BCUT2D eigenvalue weighted by molar-refractivity contribution is -0.121. The van der Waals surface area contributed by atoms with Gasteiger partial charge in [0.1, 0.15) is 5.82 Å². The molecule has 7 heteroatoms. The molecule has 1 heterocycles. The summed E-state index contributed by atoms with van der Waals surface area (Å²) in [5, 5.41) is 3.42. The van der Waals surface area contributed by atoms with Crippen LogP contribution in [-0.2, 0) is 22.0 Å². The molecule has 1 aromatic heterocycles. The molecule has 0 unspecified atom stereocenters. The van der Waals surface area contributed by atoms with Crippen LogP contribution in [0.3, 0.4) is 0 Å². The van der Waals surface area contributed by atoms with Gasteiger partial charge in [-0.15, -0.1) is 11.6 Å². The molecule has 0 spiro atoms. The average molecular weight is 330 g/mol. The Morgan fingerprint density at radius 3 is 3.00 bits per heavy atom. The fourth-order valence-electron chi connectivity index (χ4n) is 2.10. The highest BCUT2D eigenvalue weighted by Gasteiger charge is 2.11. The largest absolute Gasteiger partial charge is 0.383 e. The maximum absolute atomic E-state index is 11.7. The molecule has 0 saturated carbocycles. The minimum Gasteiger partial charge on any atom is -0.383 e. The van der Waals surface area contributed by atoms with Crippen LogP contribution in [0.4, 0.5) is 0 Å². The third-order valence-corrected chi connectivity index (χ3v) is 3.57. The van der Waals surface area contributed by atoms with Crippen LogP contribution in [0, 0.1) is 0 Å². The number of halogens is 2. The van der Waals surface area contributed by atoms with Crippen molar-refractivity contribution in [3.63, 3.8) is 0 Å². The van der Waals surface area contributed by atoms with E-state index in [0.29, 0.717) is 31.1 Å². The second-order valence-electron chi connectivity index (χ2n) is 4.54. The summed E-state index contributed by atoms with van der Waals surface area (Å²) in [6, 6.07) is 5.49. The Hall–Kier alpha value is -1.30. The zero-order valence-electron chi connectivity index (χ0n) is 11.7. The summed E-state index contributed by atoms with van der Waals surface area (Å²) in [7, 11) is 1.60. The molecular formula is C14H17Cl2N3O2. The molecule has 1 N–H and O–H groups in total. The smallest absolute Gasteiger partial charge is 0.221 e. The lowest BCUT2D eigenvalue weighted by atomic mass is 10.3. The zero-order chi connectivity index (χ0) is 15.2. The monoisotopic (exact) mass is 329 g/mol. The number of hydrogen-bond donors (Lipinski definition) is 1. The lowest BCUT2D eigenvalue weighted by Gasteiger charge is -2.08. The number of imidazole rings is 1. The van der Waals surface area contributed by atoms with Crippen molar-refractivity contribution in [2.45, 2.75) is 18.8 Å². The van der Waals surface area contributed by atoms with Crippen molar-refractivity contribution in [1.29, 1.82) is 0 Å². The molecule has 21 heavy (non-hydrogen) atoms. The molecule has 1 aromatic carbocycles. The maximum atomic E-state index is 11.7. The van der Waals surface area contributed by atoms with E-state index in [1.54, 1.807) is 19.2 Å². The molecule has 0 radical (unpaired) electrons. The summed E-state index contributed by atoms with van der Waals surface area (Å²) in [4.78, 5) is 16.2. The van der Waals surface area contributed by atoms with Crippen LogP contribution >= 0.6 is 23.2 Å². The van der Waals surface area contributed by atoms with Gasteiger partial charge in [0.05, 0.1) is 23.5 Å². The van der Waals surface area contributed by atoms with Crippen molar-refractivity contribution >= 4 is 40.1 Å². The van der Waals surface area contributed by atoms with Crippen molar-refractivity contribution < 1.29 is 9.53 Å². The number of nitrogens with one attached hydrogen (secondary N) is 1. The van der Waals surface area contributed by atoms with Crippen molar-refractivity contribution in [3.8, 4) is 0 Å². The molecule has 1 amide bonds. The highest BCUT2D eigenvalue weighted by atomic mass is 35.5. The predicted molar refractivity (Wildman–Crippen MR) is 83.8 cm³/mol. The van der Waals surface area contributed by atoms with Gasteiger partial charge in [-0.3, -0.25) is 4.79 Å². The second kappa shape index (κ2) is 7.64. The molecule has 0 aliphatic heterocycles. The minimum absolute atomic E-state index is 0.0246. The quantitative estimate of drug-likeness (QED) is 0.627. The number of rotatable bonds is 7. The molecule has 0 aliphatic carbocycles. The van der Waals surface area contributed by atoms with E-state index < -0.39 is 0 Å². The SMILES string of the molecule is COCCNC(=O)CCn1c(CCl)nc2cc(Cl)ccc21. The number of ether oxygens (including phenoxy) is 1. The Bertz CT molecular complexity index is 628. The number of hydrogen-bond acceptors (Lipinski definition) is 3. The Labute approximate surface area is 133 Å². The van der Waals surface area contributed by atoms with Crippen molar-refractivity contribution in [2.75, 3.05) is 20.3 Å². The van der Waals surface area contributed by atoms with Gasteiger partial charge in [-0.25, -0.2) is 4.98 Å². The van der Waals surface area contributed by atoms with E-state index in [-0.39, 0.29) is 11.8 Å². The summed E-state index contributed by atoms with van der Waals surface area (Å²) in [5.41, 5.74) is 1.72. The molecule has 0 aliphatic rings. The summed E-state index contributed by atoms with van der Waals surface area (Å²) >= 11 is 11.9. The van der Waals surface area contributed by atoms with Crippen molar-refractivity contribution in [2.24, 2.45) is 0 Å². The summed E-state index contributed by atoms with van der Waals surface area (Å²) < 4.78 is 6.84. The highest BCUT2D eigenvalue weighted by Crippen LogP contribution is 2.21. The molecule has 114 valence electrons. The number of carbonyl (C=O) groups is 1. The molecule has 2 rings (SSSR count). The predicted octanol–water partition coefficient (Wildman–Crippen LogP) is 2.58. The van der Waals surface area contributed by atoms with E-state index in [0.717, 1.165) is 16.9 Å². The average Bonchev–Trinajstić information content (AvgIpc) is 2.82. The van der Waals surface area contributed by atoms with Gasteiger partial charge in [0.15, 0.2) is 0 Å². The summed E-state index contributed by atoms with van der Waals surface area (Å²) in [6.07, 6.45) is 0.363. The first-order valence-corrected chi connectivity index (χ1v) is 7.53. The first-order valence-electron chi connectivity index (χ1n) is 6.62. The van der Waals surface area contributed by atoms with E-state index >= 15 is 0 Å². The third-order valence-electron chi connectivity index (χ3n) is 3.10. The summed E-state index contributed by atoms with van der Waals surface area (Å²) in [6.45, 7) is 1.54. The number of alkyl halides is 1. The van der Waals surface area contributed by atoms with Gasteiger partial charge in [-0.1, -0.05) is 11.6 Å². The molecule has 5 nitrogen and oxygen atoms in total.